The van der Waals surface area contributed by atoms with Crippen molar-refractivity contribution in [3.8, 4) is 5.75 Å². The second-order valence-corrected chi connectivity index (χ2v) is 3.46. The van der Waals surface area contributed by atoms with Crippen LogP contribution in [0.4, 0.5) is 0 Å². The zero-order valence-electron chi connectivity index (χ0n) is 9.28. The third-order valence-electron chi connectivity index (χ3n) is 1.85. The summed E-state index contributed by atoms with van der Waals surface area (Å²) in [6.07, 6.45) is 0.357. The van der Waals surface area contributed by atoms with Gasteiger partial charge in [0.05, 0.1) is 13.5 Å². The van der Waals surface area contributed by atoms with E-state index in [0.29, 0.717) is 6.42 Å². The molecule has 1 aromatic rings. The fourth-order valence-corrected chi connectivity index (χ4v) is 1.26. The van der Waals surface area contributed by atoms with Gasteiger partial charge in [-0.15, -0.1) is 0 Å². The molecule has 1 rings (SSSR count). The predicted octanol–water partition coefficient (Wildman–Crippen LogP) is 0.830. The van der Waals surface area contributed by atoms with Crippen molar-refractivity contribution in [2.75, 3.05) is 21.2 Å². The van der Waals surface area contributed by atoms with Gasteiger partial charge in [0.2, 0.25) is 5.91 Å². The molecule has 1 aromatic carbocycles. The van der Waals surface area contributed by atoms with Crippen molar-refractivity contribution in [2.45, 2.75) is 6.42 Å². The van der Waals surface area contributed by atoms with Crippen LogP contribution in [0.5, 0.6) is 5.75 Å². The lowest BCUT2D eigenvalue weighted by Crippen LogP contribution is -2.37. The molecule has 0 saturated heterocycles. The SMILES string of the molecule is COc1cccc(CC(=O)NN(C)C)c1. The molecule has 82 valence electrons. The Labute approximate surface area is 89.8 Å². The van der Waals surface area contributed by atoms with Crippen molar-refractivity contribution in [1.82, 2.24) is 10.4 Å². The number of rotatable bonds is 4. The third kappa shape index (κ3) is 3.99. The Bertz CT molecular complexity index is 337. The highest BCUT2D eigenvalue weighted by Gasteiger charge is 2.04. The molecule has 15 heavy (non-hydrogen) atoms. The van der Waals surface area contributed by atoms with E-state index in [1.807, 2.05) is 24.3 Å². The van der Waals surface area contributed by atoms with Gasteiger partial charge in [-0.3, -0.25) is 10.2 Å². The average molecular weight is 208 g/mol. The van der Waals surface area contributed by atoms with Gasteiger partial charge in [0, 0.05) is 14.1 Å². The first-order chi connectivity index (χ1) is 7.11. The van der Waals surface area contributed by atoms with Gasteiger partial charge < -0.3 is 4.74 Å². The van der Waals surface area contributed by atoms with Gasteiger partial charge >= 0.3 is 0 Å². The van der Waals surface area contributed by atoms with Crippen LogP contribution < -0.4 is 10.2 Å². The van der Waals surface area contributed by atoms with E-state index in [9.17, 15) is 4.79 Å². The summed E-state index contributed by atoms with van der Waals surface area (Å²) in [7, 11) is 5.17. The largest absolute Gasteiger partial charge is 0.497 e. The molecular formula is C11H16N2O2. The highest BCUT2D eigenvalue weighted by molar-refractivity contribution is 5.78. The molecule has 1 N–H and O–H groups in total. The van der Waals surface area contributed by atoms with Crippen LogP contribution in [0.2, 0.25) is 0 Å². The minimum atomic E-state index is -0.0340. The van der Waals surface area contributed by atoms with E-state index in [-0.39, 0.29) is 5.91 Å². The van der Waals surface area contributed by atoms with E-state index in [1.54, 1.807) is 26.2 Å². The number of benzene rings is 1. The van der Waals surface area contributed by atoms with Crippen LogP contribution in [0.3, 0.4) is 0 Å². The lowest BCUT2D eigenvalue weighted by Gasteiger charge is -2.11. The van der Waals surface area contributed by atoms with Crippen molar-refractivity contribution >= 4 is 5.91 Å². The third-order valence-corrected chi connectivity index (χ3v) is 1.85. The minimum absolute atomic E-state index is 0.0340. The first-order valence-corrected chi connectivity index (χ1v) is 4.71. The number of methoxy groups -OCH3 is 1. The Hall–Kier alpha value is -1.55. The summed E-state index contributed by atoms with van der Waals surface area (Å²) in [6, 6.07) is 7.48. The lowest BCUT2D eigenvalue weighted by molar-refractivity contribution is -0.124. The Kier molecular flexibility index (Phi) is 4.12. The fraction of sp³-hybridized carbons (Fsp3) is 0.364. The fourth-order valence-electron chi connectivity index (χ4n) is 1.26. The summed E-state index contributed by atoms with van der Waals surface area (Å²) in [5, 5.41) is 1.63. The molecule has 0 atom stereocenters. The molecule has 0 aliphatic rings. The first kappa shape index (κ1) is 11.5. The van der Waals surface area contributed by atoms with Crippen LogP contribution >= 0.6 is 0 Å². The number of amides is 1. The van der Waals surface area contributed by atoms with E-state index >= 15 is 0 Å². The van der Waals surface area contributed by atoms with E-state index < -0.39 is 0 Å². The number of hydrazine groups is 1. The second-order valence-electron chi connectivity index (χ2n) is 3.46. The molecule has 0 aliphatic carbocycles. The van der Waals surface area contributed by atoms with Crippen molar-refractivity contribution in [2.24, 2.45) is 0 Å². The highest BCUT2D eigenvalue weighted by Crippen LogP contribution is 2.12. The number of carbonyl (C=O) groups excluding carboxylic acids is 1. The predicted molar refractivity (Wildman–Crippen MR) is 58.5 cm³/mol. The maximum Gasteiger partial charge on any atom is 0.238 e. The Balaban J connectivity index is 2.60. The Morgan fingerprint density at radius 2 is 2.20 bits per heavy atom. The monoisotopic (exact) mass is 208 g/mol. The summed E-state index contributed by atoms with van der Waals surface area (Å²) in [5.74, 6) is 0.735. The van der Waals surface area contributed by atoms with Crippen molar-refractivity contribution < 1.29 is 9.53 Å². The van der Waals surface area contributed by atoms with Gasteiger partial charge in [-0.05, 0) is 17.7 Å². The molecule has 4 heteroatoms. The smallest absolute Gasteiger partial charge is 0.238 e. The second kappa shape index (κ2) is 5.36. The first-order valence-electron chi connectivity index (χ1n) is 4.71. The summed E-state index contributed by atoms with van der Waals surface area (Å²) < 4.78 is 5.08. The van der Waals surface area contributed by atoms with Crippen LogP contribution in [0.1, 0.15) is 5.56 Å². The van der Waals surface area contributed by atoms with Crippen molar-refractivity contribution in [3.63, 3.8) is 0 Å². The molecule has 4 nitrogen and oxygen atoms in total. The van der Waals surface area contributed by atoms with Gasteiger partial charge in [-0.2, -0.15) is 0 Å². The topological polar surface area (TPSA) is 41.6 Å². The van der Waals surface area contributed by atoms with Gasteiger partial charge in [-0.1, -0.05) is 12.1 Å². The maximum absolute atomic E-state index is 11.4. The summed E-state index contributed by atoms with van der Waals surface area (Å²) >= 11 is 0. The highest BCUT2D eigenvalue weighted by atomic mass is 16.5. The van der Waals surface area contributed by atoms with Gasteiger partial charge in [-0.25, -0.2) is 5.01 Å². The number of hydrogen-bond acceptors (Lipinski definition) is 3. The standard InChI is InChI=1S/C11H16N2O2/c1-13(2)12-11(14)8-9-5-4-6-10(7-9)15-3/h4-7H,8H2,1-3H3,(H,12,14). The quantitative estimate of drug-likeness (QED) is 0.745. The van der Waals surface area contributed by atoms with Crippen LogP contribution in [0.25, 0.3) is 0 Å². The minimum Gasteiger partial charge on any atom is -0.497 e. The molecule has 0 saturated carbocycles. The molecule has 0 bridgehead atoms. The normalized spacial score (nSPS) is 10.1. The van der Waals surface area contributed by atoms with Crippen LogP contribution in [-0.4, -0.2) is 32.1 Å². The zero-order chi connectivity index (χ0) is 11.3. The number of carbonyl (C=O) groups is 1. The van der Waals surface area contributed by atoms with Crippen LogP contribution in [-0.2, 0) is 11.2 Å². The van der Waals surface area contributed by atoms with E-state index in [1.165, 1.54) is 0 Å². The molecule has 0 heterocycles. The lowest BCUT2D eigenvalue weighted by atomic mass is 10.1. The summed E-state index contributed by atoms with van der Waals surface area (Å²) in [4.78, 5) is 11.4. The number of nitrogens with one attached hydrogen (secondary N) is 1. The van der Waals surface area contributed by atoms with E-state index in [2.05, 4.69) is 5.43 Å². The average Bonchev–Trinajstić information content (AvgIpc) is 2.16. The summed E-state index contributed by atoms with van der Waals surface area (Å²) in [6.45, 7) is 0. The molecule has 0 spiro atoms. The van der Waals surface area contributed by atoms with Crippen molar-refractivity contribution in [1.29, 1.82) is 0 Å². The van der Waals surface area contributed by atoms with Crippen LogP contribution in [0.15, 0.2) is 24.3 Å². The number of nitrogens with zero attached hydrogens (tertiary/aromatic N) is 1. The van der Waals surface area contributed by atoms with Crippen molar-refractivity contribution in [3.05, 3.63) is 29.8 Å². The molecule has 0 aromatic heterocycles. The Morgan fingerprint density at radius 3 is 2.80 bits per heavy atom. The van der Waals surface area contributed by atoms with Crippen LogP contribution in [0, 0.1) is 0 Å². The Morgan fingerprint density at radius 1 is 1.47 bits per heavy atom. The van der Waals surface area contributed by atoms with E-state index in [4.69, 9.17) is 4.74 Å². The molecule has 0 unspecified atom stereocenters. The van der Waals surface area contributed by atoms with Gasteiger partial charge in [0.25, 0.3) is 0 Å². The molecule has 0 aliphatic heterocycles. The number of ether oxygens (including phenoxy) is 1. The molecule has 1 amide bonds. The van der Waals surface area contributed by atoms with Gasteiger partial charge in [0.15, 0.2) is 0 Å². The summed E-state index contributed by atoms with van der Waals surface area (Å²) in [5.41, 5.74) is 3.62. The maximum atomic E-state index is 11.4. The molecular weight excluding hydrogens is 192 g/mol. The zero-order valence-corrected chi connectivity index (χ0v) is 9.28. The van der Waals surface area contributed by atoms with Gasteiger partial charge in [0.1, 0.15) is 5.75 Å². The molecule has 0 fully saturated rings. The van der Waals surface area contributed by atoms with E-state index in [0.717, 1.165) is 11.3 Å². The number of hydrogen-bond donors (Lipinski definition) is 1. The molecule has 0 radical (unpaired) electrons.